The van der Waals surface area contributed by atoms with Gasteiger partial charge < -0.3 is 9.09 Å². The highest BCUT2D eigenvalue weighted by atomic mass is 35.5. The third kappa shape index (κ3) is 5.27. The smallest absolute Gasteiger partial charge is 0.226 e. The van der Waals surface area contributed by atoms with E-state index in [9.17, 15) is 0 Å². The van der Waals surface area contributed by atoms with E-state index in [1.54, 1.807) is 12.1 Å². The Morgan fingerprint density at radius 1 is 1.11 bits per heavy atom. The average Bonchev–Trinajstić information content (AvgIpc) is 3.19. The Kier molecular flexibility index (Phi) is 7.01. The molecule has 2 heterocycles. The SMILES string of the molecule is CC(C)Cc1nc(CSc2nnc(-c3ccc(Cl)cc3Cl)n2CC(C)C)no1. The van der Waals surface area contributed by atoms with Crippen LogP contribution in [0.2, 0.25) is 10.0 Å². The molecule has 0 unspecified atom stereocenters. The number of benzene rings is 1. The Hall–Kier alpha value is -1.57. The zero-order valence-electron chi connectivity index (χ0n) is 16.3. The van der Waals surface area contributed by atoms with E-state index >= 15 is 0 Å². The number of nitrogens with zero attached hydrogens (tertiary/aromatic N) is 5. The van der Waals surface area contributed by atoms with Gasteiger partial charge in [-0.1, -0.05) is 67.8 Å². The molecule has 0 fully saturated rings. The molecule has 0 aliphatic heterocycles. The van der Waals surface area contributed by atoms with E-state index in [1.807, 2.05) is 6.07 Å². The van der Waals surface area contributed by atoms with Crippen LogP contribution in [0.5, 0.6) is 0 Å². The monoisotopic (exact) mass is 439 g/mol. The Morgan fingerprint density at radius 2 is 1.89 bits per heavy atom. The third-order valence-electron chi connectivity index (χ3n) is 3.86. The summed E-state index contributed by atoms with van der Waals surface area (Å²) < 4.78 is 7.40. The maximum Gasteiger partial charge on any atom is 0.226 e. The van der Waals surface area contributed by atoms with Crippen molar-refractivity contribution < 1.29 is 4.52 Å². The number of rotatable bonds is 8. The van der Waals surface area contributed by atoms with Crippen molar-refractivity contribution in [3.63, 3.8) is 0 Å². The zero-order valence-corrected chi connectivity index (χ0v) is 18.6. The molecular weight excluding hydrogens is 417 g/mol. The quantitative estimate of drug-likeness (QED) is 0.414. The zero-order chi connectivity index (χ0) is 20.3. The predicted molar refractivity (Wildman–Crippen MR) is 113 cm³/mol. The van der Waals surface area contributed by atoms with Gasteiger partial charge in [0.15, 0.2) is 16.8 Å². The fourth-order valence-corrected chi connectivity index (χ4v) is 3.99. The molecule has 28 heavy (non-hydrogen) atoms. The molecule has 3 aromatic rings. The van der Waals surface area contributed by atoms with Crippen molar-refractivity contribution >= 4 is 35.0 Å². The summed E-state index contributed by atoms with van der Waals surface area (Å²) in [5.74, 6) is 3.51. The van der Waals surface area contributed by atoms with Crippen molar-refractivity contribution in [2.75, 3.05) is 0 Å². The third-order valence-corrected chi connectivity index (χ3v) is 5.37. The largest absolute Gasteiger partial charge is 0.339 e. The van der Waals surface area contributed by atoms with E-state index in [0.717, 1.165) is 29.5 Å². The lowest BCUT2D eigenvalue weighted by molar-refractivity contribution is 0.360. The topological polar surface area (TPSA) is 69.6 Å². The van der Waals surface area contributed by atoms with Crippen molar-refractivity contribution in [2.24, 2.45) is 11.8 Å². The Morgan fingerprint density at radius 3 is 2.57 bits per heavy atom. The Balaban J connectivity index is 1.83. The van der Waals surface area contributed by atoms with Crippen LogP contribution in [0.15, 0.2) is 27.9 Å². The molecular formula is C19H23Cl2N5OS. The number of hydrogen-bond acceptors (Lipinski definition) is 6. The van der Waals surface area contributed by atoms with Crippen molar-refractivity contribution in [3.8, 4) is 11.4 Å². The van der Waals surface area contributed by atoms with Crippen LogP contribution in [-0.4, -0.2) is 24.9 Å². The first-order valence-corrected chi connectivity index (χ1v) is 10.9. The summed E-state index contributed by atoms with van der Waals surface area (Å²) in [6.45, 7) is 9.32. The minimum absolute atomic E-state index is 0.419. The molecule has 3 rings (SSSR count). The summed E-state index contributed by atoms with van der Waals surface area (Å²) in [5.41, 5.74) is 0.810. The van der Waals surface area contributed by atoms with Gasteiger partial charge in [-0.2, -0.15) is 4.98 Å². The molecule has 0 N–H and O–H groups in total. The highest BCUT2D eigenvalue weighted by molar-refractivity contribution is 7.98. The minimum atomic E-state index is 0.419. The lowest BCUT2D eigenvalue weighted by Gasteiger charge is -2.13. The van der Waals surface area contributed by atoms with Crippen LogP contribution in [0.1, 0.15) is 39.4 Å². The Bertz CT molecular complexity index is 938. The molecule has 0 aliphatic carbocycles. The molecule has 0 atom stereocenters. The molecule has 6 nitrogen and oxygen atoms in total. The second-order valence-electron chi connectivity index (χ2n) is 7.43. The van der Waals surface area contributed by atoms with E-state index in [4.69, 9.17) is 27.7 Å². The molecule has 1 aromatic carbocycles. The average molecular weight is 440 g/mol. The van der Waals surface area contributed by atoms with Gasteiger partial charge in [0.05, 0.1) is 10.8 Å². The predicted octanol–water partition coefficient (Wildman–Crippen LogP) is 5.78. The molecule has 0 radical (unpaired) electrons. The first kappa shape index (κ1) is 21.1. The van der Waals surface area contributed by atoms with Gasteiger partial charge in [0.1, 0.15) is 0 Å². The number of aromatic nitrogens is 5. The summed E-state index contributed by atoms with van der Waals surface area (Å²) in [5, 5.41) is 14.8. The van der Waals surface area contributed by atoms with Gasteiger partial charge in [0.2, 0.25) is 5.89 Å². The van der Waals surface area contributed by atoms with Gasteiger partial charge in [-0.15, -0.1) is 10.2 Å². The number of hydrogen-bond donors (Lipinski definition) is 0. The standard InChI is InChI=1S/C19H23Cl2N5OS/c1-11(2)7-17-22-16(25-27-17)10-28-19-24-23-18(26(19)9-12(3)4)14-6-5-13(20)8-15(14)21/h5-6,8,11-12H,7,9-10H2,1-4H3. The number of thioether (sulfide) groups is 1. The molecule has 0 saturated carbocycles. The van der Waals surface area contributed by atoms with Crippen molar-refractivity contribution in [2.45, 2.75) is 51.6 Å². The number of halogens is 2. The van der Waals surface area contributed by atoms with Crippen LogP contribution in [-0.2, 0) is 18.7 Å². The fourth-order valence-electron chi connectivity index (χ4n) is 2.71. The summed E-state index contributed by atoms with van der Waals surface area (Å²) in [6, 6.07) is 5.39. The second kappa shape index (κ2) is 9.29. The van der Waals surface area contributed by atoms with Crippen LogP contribution in [0.3, 0.4) is 0 Å². The van der Waals surface area contributed by atoms with Crippen molar-refractivity contribution in [3.05, 3.63) is 40.0 Å². The second-order valence-corrected chi connectivity index (χ2v) is 9.21. The highest BCUT2D eigenvalue weighted by Gasteiger charge is 2.19. The Labute approximate surface area is 179 Å². The summed E-state index contributed by atoms with van der Waals surface area (Å²) >= 11 is 14.0. The lowest BCUT2D eigenvalue weighted by Crippen LogP contribution is -2.08. The molecule has 150 valence electrons. The molecule has 0 aliphatic rings. The first-order valence-electron chi connectivity index (χ1n) is 9.16. The van der Waals surface area contributed by atoms with Crippen LogP contribution < -0.4 is 0 Å². The van der Waals surface area contributed by atoms with Gasteiger partial charge in [-0.05, 0) is 30.0 Å². The lowest BCUT2D eigenvalue weighted by atomic mass is 10.1. The van der Waals surface area contributed by atoms with Gasteiger partial charge in [-0.3, -0.25) is 0 Å². The van der Waals surface area contributed by atoms with E-state index in [0.29, 0.717) is 39.3 Å². The van der Waals surface area contributed by atoms with Crippen LogP contribution in [0, 0.1) is 11.8 Å². The van der Waals surface area contributed by atoms with Crippen molar-refractivity contribution in [1.29, 1.82) is 0 Å². The summed E-state index contributed by atoms with van der Waals surface area (Å²) in [6.07, 6.45) is 0.778. The van der Waals surface area contributed by atoms with E-state index in [-0.39, 0.29) is 0 Å². The van der Waals surface area contributed by atoms with Gasteiger partial charge >= 0.3 is 0 Å². The minimum Gasteiger partial charge on any atom is -0.339 e. The summed E-state index contributed by atoms with van der Waals surface area (Å²) in [7, 11) is 0. The van der Waals surface area contributed by atoms with Crippen molar-refractivity contribution in [1.82, 2.24) is 24.9 Å². The highest BCUT2D eigenvalue weighted by Crippen LogP contribution is 2.32. The molecule has 0 amide bonds. The first-order chi connectivity index (χ1) is 13.3. The van der Waals surface area contributed by atoms with Crippen LogP contribution >= 0.6 is 35.0 Å². The van der Waals surface area contributed by atoms with E-state index in [1.165, 1.54) is 11.8 Å². The molecule has 0 saturated heterocycles. The molecule has 2 aromatic heterocycles. The summed E-state index contributed by atoms with van der Waals surface area (Å²) in [4.78, 5) is 4.45. The molecule has 0 bridgehead atoms. The molecule has 9 heteroatoms. The molecule has 0 spiro atoms. The van der Waals surface area contributed by atoms with Gasteiger partial charge in [-0.25, -0.2) is 0 Å². The van der Waals surface area contributed by atoms with Gasteiger partial charge in [0.25, 0.3) is 0 Å². The normalized spacial score (nSPS) is 11.7. The maximum atomic E-state index is 6.39. The fraction of sp³-hybridized carbons (Fsp3) is 0.474. The van der Waals surface area contributed by atoms with Crippen LogP contribution in [0.4, 0.5) is 0 Å². The maximum absolute atomic E-state index is 6.39. The van der Waals surface area contributed by atoms with E-state index in [2.05, 4.69) is 52.6 Å². The van der Waals surface area contributed by atoms with Crippen LogP contribution in [0.25, 0.3) is 11.4 Å². The van der Waals surface area contributed by atoms with E-state index < -0.39 is 0 Å². The van der Waals surface area contributed by atoms with Gasteiger partial charge in [0, 0.05) is 23.6 Å².